The van der Waals surface area contributed by atoms with Crippen LogP contribution < -0.4 is 0 Å². The third-order valence-corrected chi connectivity index (χ3v) is 3.93. The number of para-hydroxylation sites is 2. The van der Waals surface area contributed by atoms with E-state index in [4.69, 9.17) is 23.2 Å². The van der Waals surface area contributed by atoms with Gasteiger partial charge in [-0.25, -0.2) is 9.98 Å². The maximum atomic E-state index is 6.29. The van der Waals surface area contributed by atoms with E-state index in [9.17, 15) is 0 Å². The van der Waals surface area contributed by atoms with Crippen molar-refractivity contribution in [2.45, 2.75) is 0 Å². The predicted octanol–water partition coefficient (Wildman–Crippen LogP) is 6.32. The summed E-state index contributed by atoms with van der Waals surface area (Å²) < 4.78 is 0. The molecule has 0 saturated carbocycles. The quantitative estimate of drug-likeness (QED) is 0.490. The van der Waals surface area contributed by atoms with Gasteiger partial charge in [0.25, 0.3) is 0 Å². The first-order valence-corrected chi connectivity index (χ1v) is 8.17. The van der Waals surface area contributed by atoms with Gasteiger partial charge in [-0.05, 0) is 24.3 Å². The molecule has 0 atom stereocenters. The van der Waals surface area contributed by atoms with Gasteiger partial charge in [0.15, 0.2) is 0 Å². The lowest BCUT2D eigenvalue weighted by molar-refractivity contribution is 1.50. The molecule has 0 N–H and O–H groups in total. The predicted molar refractivity (Wildman–Crippen MR) is 103 cm³/mol. The molecular formula is C20H14Cl2N2. The number of nitrogens with zero attached hydrogens (tertiary/aromatic N) is 2. The Kier molecular flexibility index (Phi) is 5.42. The second-order valence-electron chi connectivity index (χ2n) is 5.05. The van der Waals surface area contributed by atoms with Gasteiger partial charge in [0.2, 0.25) is 0 Å². The number of benzene rings is 3. The molecule has 0 aliphatic carbocycles. The topological polar surface area (TPSA) is 24.7 Å². The van der Waals surface area contributed by atoms with Crippen molar-refractivity contribution in [3.8, 4) is 0 Å². The molecule has 3 aromatic carbocycles. The molecule has 0 aliphatic rings. The maximum Gasteiger partial charge on any atom is 0.136 e. The SMILES string of the molecule is Cl/C(=N\c1ccccc1)c1ccc(/C(Cl)=N/c2ccccc2)cc1. The molecule has 0 aromatic heterocycles. The highest BCUT2D eigenvalue weighted by Crippen LogP contribution is 2.18. The van der Waals surface area contributed by atoms with Gasteiger partial charge in [0.1, 0.15) is 10.3 Å². The van der Waals surface area contributed by atoms with Crippen molar-refractivity contribution in [1.29, 1.82) is 0 Å². The molecule has 0 amide bonds. The second kappa shape index (κ2) is 7.91. The summed E-state index contributed by atoms with van der Waals surface area (Å²) in [5, 5.41) is 0.868. The second-order valence-corrected chi connectivity index (χ2v) is 5.77. The van der Waals surface area contributed by atoms with Crippen molar-refractivity contribution in [2.75, 3.05) is 0 Å². The molecule has 0 aliphatic heterocycles. The van der Waals surface area contributed by atoms with Gasteiger partial charge in [0, 0.05) is 11.1 Å². The summed E-state index contributed by atoms with van der Waals surface area (Å²) in [5.41, 5.74) is 3.28. The molecule has 3 rings (SSSR count). The van der Waals surface area contributed by atoms with Gasteiger partial charge in [0.05, 0.1) is 11.4 Å². The summed E-state index contributed by atoms with van der Waals surface area (Å²) in [6.45, 7) is 0. The first kappa shape index (κ1) is 16.4. The van der Waals surface area contributed by atoms with Crippen molar-refractivity contribution in [3.05, 3.63) is 96.1 Å². The van der Waals surface area contributed by atoms with Gasteiger partial charge in [-0.2, -0.15) is 0 Å². The lowest BCUT2D eigenvalue weighted by Crippen LogP contribution is -1.94. The van der Waals surface area contributed by atoms with Crippen LogP contribution in [0.1, 0.15) is 11.1 Å². The number of hydrogen-bond acceptors (Lipinski definition) is 2. The molecule has 118 valence electrons. The van der Waals surface area contributed by atoms with Crippen molar-refractivity contribution >= 4 is 44.9 Å². The van der Waals surface area contributed by atoms with Crippen LogP contribution in [0.4, 0.5) is 11.4 Å². The largest absolute Gasteiger partial charge is 0.236 e. The van der Waals surface area contributed by atoms with Gasteiger partial charge in [-0.15, -0.1) is 0 Å². The Morgan fingerprint density at radius 3 is 1.17 bits per heavy atom. The smallest absolute Gasteiger partial charge is 0.136 e. The molecular weight excluding hydrogens is 339 g/mol. The molecule has 0 fully saturated rings. The molecule has 0 radical (unpaired) electrons. The van der Waals surface area contributed by atoms with Gasteiger partial charge < -0.3 is 0 Å². The molecule has 0 bridgehead atoms. The normalized spacial score (nSPS) is 12.2. The van der Waals surface area contributed by atoms with E-state index in [0.29, 0.717) is 10.3 Å². The van der Waals surface area contributed by atoms with Crippen LogP contribution in [0.5, 0.6) is 0 Å². The molecule has 24 heavy (non-hydrogen) atoms. The van der Waals surface area contributed by atoms with Gasteiger partial charge >= 0.3 is 0 Å². The third-order valence-electron chi connectivity index (χ3n) is 3.33. The molecule has 0 heterocycles. The van der Waals surface area contributed by atoms with Crippen LogP contribution in [0.3, 0.4) is 0 Å². The highest BCUT2D eigenvalue weighted by Gasteiger charge is 2.04. The van der Waals surface area contributed by atoms with Crippen LogP contribution in [0.15, 0.2) is 94.9 Å². The van der Waals surface area contributed by atoms with Gasteiger partial charge in [-0.3, -0.25) is 0 Å². The average Bonchev–Trinajstić information content (AvgIpc) is 2.63. The molecule has 0 unspecified atom stereocenters. The van der Waals surface area contributed by atoms with E-state index in [1.54, 1.807) is 0 Å². The van der Waals surface area contributed by atoms with Crippen LogP contribution >= 0.6 is 23.2 Å². The maximum absolute atomic E-state index is 6.29. The molecule has 0 saturated heterocycles. The molecule has 3 aromatic rings. The molecule has 4 heteroatoms. The zero-order valence-corrected chi connectivity index (χ0v) is 14.2. The lowest BCUT2D eigenvalue weighted by atomic mass is 10.1. The molecule has 2 nitrogen and oxygen atoms in total. The molecule has 0 spiro atoms. The van der Waals surface area contributed by atoms with Crippen molar-refractivity contribution in [3.63, 3.8) is 0 Å². The summed E-state index contributed by atoms with van der Waals surface area (Å²) in [6, 6.07) is 26.7. The van der Waals surface area contributed by atoms with Crippen LogP contribution in [-0.4, -0.2) is 10.3 Å². The van der Waals surface area contributed by atoms with Crippen molar-refractivity contribution in [2.24, 2.45) is 9.98 Å². The van der Waals surface area contributed by atoms with E-state index in [0.717, 1.165) is 22.5 Å². The fourth-order valence-electron chi connectivity index (χ4n) is 2.11. The number of rotatable bonds is 4. The van der Waals surface area contributed by atoms with E-state index >= 15 is 0 Å². The van der Waals surface area contributed by atoms with Crippen LogP contribution in [-0.2, 0) is 0 Å². The van der Waals surface area contributed by atoms with E-state index in [1.165, 1.54) is 0 Å². The Hall–Kier alpha value is -2.42. The average molecular weight is 353 g/mol. The fourth-order valence-corrected chi connectivity index (χ4v) is 2.55. The third kappa shape index (κ3) is 4.31. The van der Waals surface area contributed by atoms with Gasteiger partial charge in [-0.1, -0.05) is 83.9 Å². The summed E-state index contributed by atoms with van der Waals surface area (Å²) in [5.74, 6) is 0. The van der Waals surface area contributed by atoms with Crippen LogP contribution in [0.25, 0.3) is 0 Å². The first-order valence-electron chi connectivity index (χ1n) is 7.42. The van der Waals surface area contributed by atoms with Crippen molar-refractivity contribution < 1.29 is 0 Å². The lowest BCUT2D eigenvalue weighted by Gasteiger charge is -2.03. The summed E-state index contributed by atoms with van der Waals surface area (Å²) >= 11 is 12.6. The summed E-state index contributed by atoms with van der Waals surface area (Å²) in [4.78, 5) is 8.78. The Balaban J connectivity index is 1.80. The van der Waals surface area contributed by atoms with Crippen LogP contribution in [0.2, 0.25) is 0 Å². The zero-order chi connectivity index (χ0) is 16.8. The van der Waals surface area contributed by atoms with E-state index in [2.05, 4.69) is 9.98 Å². The Labute approximate surface area is 151 Å². The number of aliphatic imine (C=N–C) groups is 2. The highest BCUT2D eigenvalue weighted by atomic mass is 35.5. The minimum Gasteiger partial charge on any atom is -0.236 e. The number of halogens is 2. The van der Waals surface area contributed by atoms with Crippen LogP contribution in [0, 0.1) is 0 Å². The van der Waals surface area contributed by atoms with E-state index in [-0.39, 0.29) is 0 Å². The van der Waals surface area contributed by atoms with E-state index < -0.39 is 0 Å². The zero-order valence-electron chi connectivity index (χ0n) is 12.7. The number of hydrogen-bond donors (Lipinski definition) is 0. The minimum absolute atomic E-state index is 0.434. The highest BCUT2D eigenvalue weighted by molar-refractivity contribution is 6.70. The first-order chi connectivity index (χ1) is 11.7. The summed E-state index contributed by atoms with van der Waals surface area (Å²) in [7, 11) is 0. The standard InChI is InChI=1S/C20H14Cl2N2/c21-19(23-17-7-3-1-4-8-17)15-11-13-16(14-12-15)20(22)24-18-9-5-2-6-10-18/h1-14H/b23-19-,24-20-. The Morgan fingerprint density at radius 1 is 0.500 bits per heavy atom. The fraction of sp³-hybridized carbons (Fsp3) is 0. The Morgan fingerprint density at radius 2 is 0.833 bits per heavy atom. The monoisotopic (exact) mass is 352 g/mol. The van der Waals surface area contributed by atoms with E-state index in [1.807, 2.05) is 84.9 Å². The minimum atomic E-state index is 0.434. The Bertz CT molecular complexity index is 781. The van der Waals surface area contributed by atoms with Crippen molar-refractivity contribution in [1.82, 2.24) is 0 Å². The summed E-state index contributed by atoms with van der Waals surface area (Å²) in [6.07, 6.45) is 0.